The van der Waals surface area contributed by atoms with E-state index in [-0.39, 0.29) is 18.7 Å². The lowest BCUT2D eigenvalue weighted by Gasteiger charge is -2.22. The zero-order valence-electron chi connectivity index (χ0n) is 10.7. The van der Waals surface area contributed by atoms with Crippen LogP contribution in [0, 0.1) is 0 Å². The molecule has 0 aliphatic carbocycles. The molecule has 1 aromatic rings. The van der Waals surface area contributed by atoms with E-state index in [9.17, 15) is 13.2 Å². The van der Waals surface area contributed by atoms with Gasteiger partial charge in [-0.25, -0.2) is 13.2 Å². The number of hydrogen-bond donors (Lipinski definition) is 0. The van der Waals surface area contributed by atoms with Gasteiger partial charge in [0.15, 0.2) is 0 Å². The molecule has 0 amide bonds. The maximum atomic E-state index is 11.8. The van der Waals surface area contributed by atoms with Gasteiger partial charge >= 0.3 is 5.97 Å². The quantitative estimate of drug-likeness (QED) is 0.764. The summed E-state index contributed by atoms with van der Waals surface area (Å²) in [7, 11) is -3.41. The molecule has 6 heteroatoms. The third kappa shape index (κ3) is 3.22. The molecule has 0 fully saturated rings. The maximum absolute atomic E-state index is 11.8. The van der Waals surface area contributed by atoms with Gasteiger partial charge in [0.2, 0.25) is 10.0 Å². The molecular formula is C12H17NO4S. The van der Waals surface area contributed by atoms with Gasteiger partial charge in [0.25, 0.3) is 0 Å². The number of ether oxygens (including phenoxy) is 1. The zero-order chi connectivity index (χ0) is 13.8. The number of rotatable bonds is 5. The van der Waals surface area contributed by atoms with Crippen molar-refractivity contribution >= 4 is 21.7 Å². The predicted molar refractivity (Wildman–Crippen MR) is 70.3 cm³/mol. The highest BCUT2D eigenvalue weighted by Gasteiger charge is 2.21. The minimum Gasteiger partial charge on any atom is -0.462 e. The first kappa shape index (κ1) is 14.5. The van der Waals surface area contributed by atoms with E-state index in [0.29, 0.717) is 5.69 Å². The first-order valence-corrected chi connectivity index (χ1v) is 7.50. The first-order chi connectivity index (χ1) is 8.41. The molecule has 0 radical (unpaired) electrons. The van der Waals surface area contributed by atoms with Crippen molar-refractivity contribution < 1.29 is 17.9 Å². The highest BCUT2D eigenvalue weighted by Crippen LogP contribution is 2.23. The molecule has 0 aliphatic rings. The Balaban J connectivity index is 3.28. The molecule has 18 heavy (non-hydrogen) atoms. The van der Waals surface area contributed by atoms with Gasteiger partial charge in [-0.05, 0) is 26.0 Å². The average Bonchev–Trinajstić information content (AvgIpc) is 2.29. The van der Waals surface area contributed by atoms with Crippen molar-refractivity contribution in [1.82, 2.24) is 0 Å². The monoisotopic (exact) mass is 271 g/mol. The summed E-state index contributed by atoms with van der Waals surface area (Å²) in [5.41, 5.74) is 0.604. The van der Waals surface area contributed by atoms with Gasteiger partial charge in [0.1, 0.15) is 0 Å². The van der Waals surface area contributed by atoms with Crippen molar-refractivity contribution in [2.45, 2.75) is 13.8 Å². The molecule has 0 aliphatic heterocycles. The number of carbonyl (C=O) groups excluding carboxylic acids is 1. The fourth-order valence-electron chi connectivity index (χ4n) is 1.66. The molecule has 0 saturated carbocycles. The Morgan fingerprint density at radius 3 is 2.39 bits per heavy atom. The number of hydrogen-bond acceptors (Lipinski definition) is 4. The highest BCUT2D eigenvalue weighted by molar-refractivity contribution is 7.92. The lowest BCUT2D eigenvalue weighted by molar-refractivity contribution is 0.0527. The van der Waals surface area contributed by atoms with E-state index < -0.39 is 16.0 Å². The third-order valence-electron chi connectivity index (χ3n) is 2.36. The van der Waals surface area contributed by atoms with Gasteiger partial charge < -0.3 is 4.74 Å². The van der Waals surface area contributed by atoms with Gasteiger partial charge in [0, 0.05) is 6.54 Å². The summed E-state index contributed by atoms with van der Waals surface area (Å²) in [6, 6.07) is 6.51. The van der Waals surface area contributed by atoms with Crippen LogP contribution in [0.1, 0.15) is 24.2 Å². The van der Waals surface area contributed by atoms with Crippen molar-refractivity contribution in [1.29, 1.82) is 0 Å². The largest absolute Gasteiger partial charge is 0.462 e. The first-order valence-electron chi connectivity index (χ1n) is 5.65. The minimum atomic E-state index is -3.41. The highest BCUT2D eigenvalue weighted by atomic mass is 32.2. The summed E-state index contributed by atoms with van der Waals surface area (Å²) >= 11 is 0. The van der Waals surface area contributed by atoms with Crippen molar-refractivity contribution in [3.05, 3.63) is 29.8 Å². The maximum Gasteiger partial charge on any atom is 0.340 e. The Morgan fingerprint density at radius 1 is 1.28 bits per heavy atom. The molecule has 0 heterocycles. The van der Waals surface area contributed by atoms with E-state index in [4.69, 9.17) is 4.74 Å². The Labute approximate surface area is 107 Å². The average molecular weight is 271 g/mol. The molecule has 0 atom stereocenters. The third-order valence-corrected chi connectivity index (χ3v) is 3.61. The van der Waals surface area contributed by atoms with E-state index in [1.807, 2.05) is 0 Å². The van der Waals surface area contributed by atoms with Gasteiger partial charge in [-0.3, -0.25) is 4.31 Å². The van der Waals surface area contributed by atoms with Gasteiger partial charge in [-0.2, -0.15) is 0 Å². The number of sulfonamides is 1. The van der Waals surface area contributed by atoms with Crippen LogP contribution in [0.4, 0.5) is 5.69 Å². The van der Waals surface area contributed by atoms with Crippen LogP contribution >= 0.6 is 0 Å². The number of carbonyl (C=O) groups is 1. The molecule has 1 rings (SSSR count). The fraction of sp³-hybridized carbons (Fsp3) is 0.417. The molecule has 0 spiro atoms. The van der Waals surface area contributed by atoms with E-state index in [1.165, 1.54) is 4.31 Å². The van der Waals surface area contributed by atoms with E-state index >= 15 is 0 Å². The summed E-state index contributed by atoms with van der Waals surface area (Å²) < 4.78 is 29.4. The number of nitrogens with zero attached hydrogens (tertiary/aromatic N) is 1. The second kappa shape index (κ2) is 5.86. The van der Waals surface area contributed by atoms with Crippen molar-refractivity contribution in [3.63, 3.8) is 0 Å². The zero-order valence-corrected chi connectivity index (χ0v) is 11.5. The SMILES string of the molecule is CCOC(=O)c1ccccc1N(CC)S(C)(=O)=O. The number of anilines is 1. The van der Waals surface area contributed by atoms with Crippen LogP contribution in [0.3, 0.4) is 0 Å². The Hall–Kier alpha value is -1.56. The molecule has 1 aromatic carbocycles. The van der Waals surface area contributed by atoms with E-state index in [1.54, 1.807) is 38.1 Å². The minimum absolute atomic E-state index is 0.248. The Kier molecular flexibility index (Phi) is 4.72. The molecule has 0 saturated heterocycles. The van der Waals surface area contributed by atoms with E-state index in [2.05, 4.69) is 0 Å². The van der Waals surface area contributed by atoms with Crippen LogP contribution in [0.5, 0.6) is 0 Å². The van der Waals surface area contributed by atoms with Crippen LogP contribution in [-0.4, -0.2) is 33.8 Å². The van der Waals surface area contributed by atoms with Crippen molar-refractivity contribution in [2.75, 3.05) is 23.7 Å². The number of para-hydroxylation sites is 1. The standard InChI is InChI=1S/C12H17NO4S/c1-4-13(18(3,15)16)11-9-7-6-8-10(11)12(14)17-5-2/h6-9H,4-5H2,1-3H3. The summed E-state index contributed by atoms with van der Waals surface area (Å²) in [5.74, 6) is -0.518. The summed E-state index contributed by atoms with van der Waals surface area (Å²) in [6.07, 6.45) is 1.11. The van der Waals surface area contributed by atoms with Crippen LogP contribution in [-0.2, 0) is 14.8 Å². The Bertz CT molecular complexity index is 525. The van der Waals surface area contributed by atoms with Gasteiger partial charge in [-0.15, -0.1) is 0 Å². The van der Waals surface area contributed by atoms with E-state index in [0.717, 1.165) is 6.26 Å². The molecule has 0 unspecified atom stereocenters. The molecule has 5 nitrogen and oxygen atoms in total. The molecule has 0 aromatic heterocycles. The second-order valence-electron chi connectivity index (χ2n) is 3.67. The summed E-state index contributed by atoms with van der Waals surface area (Å²) in [6.45, 7) is 3.92. The smallest absolute Gasteiger partial charge is 0.340 e. The van der Waals surface area contributed by atoms with Gasteiger partial charge in [0.05, 0.1) is 24.1 Å². The molecular weight excluding hydrogens is 254 g/mol. The van der Waals surface area contributed by atoms with Crippen molar-refractivity contribution in [2.24, 2.45) is 0 Å². The molecule has 0 N–H and O–H groups in total. The fourth-order valence-corrected chi connectivity index (χ4v) is 2.64. The Morgan fingerprint density at radius 2 is 1.89 bits per heavy atom. The lowest BCUT2D eigenvalue weighted by atomic mass is 10.2. The topological polar surface area (TPSA) is 63.7 Å². The lowest BCUT2D eigenvalue weighted by Crippen LogP contribution is -2.31. The number of esters is 1. The predicted octanol–water partition coefficient (Wildman–Crippen LogP) is 1.65. The van der Waals surface area contributed by atoms with Crippen LogP contribution in [0.2, 0.25) is 0 Å². The molecule has 100 valence electrons. The summed E-state index contributed by atoms with van der Waals surface area (Å²) in [4.78, 5) is 11.8. The normalized spacial score (nSPS) is 11.1. The van der Waals surface area contributed by atoms with Gasteiger partial charge in [-0.1, -0.05) is 12.1 Å². The molecule has 0 bridgehead atoms. The van der Waals surface area contributed by atoms with Crippen LogP contribution < -0.4 is 4.31 Å². The number of benzene rings is 1. The summed E-state index contributed by atoms with van der Waals surface area (Å²) in [5, 5.41) is 0. The van der Waals surface area contributed by atoms with Crippen molar-refractivity contribution in [3.8, 4) is 0 Å². The van der Waals surface area contributed by atoms with Crippen LogP contribution in [0.15, 0.2) is 24.3 Å². The van der Waals surface area contributed by atoms with Crippen LogP contribution in [0.25, 0.3) is 0 Å². The second-order valence-corrected chi connectivity index (χ2v) is 5.57.